The van der Waals surface area contributed by atoms with E-state index in [0.29, 0.717) is 42.4 Å². The Morgan fingerprint density at radius 2 is 2.21 bits per heavy atom. The molecule has 1 N–H and O–H groups in total. The summed E-state index contributed by atoms with van der Waals surface area (Å²) in [5, 5.41) is 2.48. The molecule has 158 valence electrons. The van der Waals surface area contributed by atoms with Crippen molar-refractivity contribution in [1.29, 1.82) is 0 Å². The van der Waals surface area contributed by atoms with Gasteiger partial charge in [0.05, 0.1) is 12.5 Å². The van der Waals surface area contributed by atoms with Crippen LogP contribution >= 0.6 is 0 Å². The number of amides is 1. The molecule has 1 aromatic heterocycles. The lowest BCUT2D eigenvalue weighted by atomic mass is 9.57. The van der Waals surface area contributed by atoms with Crippen LogP contribution in [0.4, 0.5) is 14.9 Å². The SMILES string of the molecule is CS(=O)(=O)N1CC2(CC(Cc3ccc(NC(=O)OCc4cnco4)cc3F)C2)C1.[HH]. The number of halogens is 1. The van der Waals surface area contributed by atoms with Crippen LogP contribution in [0.3, 0.4) is 0 Å². The topological polar surface area (TPSA) is 102 Å². The lowest BCUT2D eigenvalue weighted by Gasteiger charge is -2.58. The van der Waals surface area contributed by atoms with E-state index in [2.05, 4.69) is 10.3 Å². The molecular formula is C19H24FN3O5S. The Balaban J connectivity index is 0.00000256. The van der Waals surface area contributed by atoms with Crippen LogP contribution in [0.2, 0.25) is 0 Å². The van der Waals surface area contributed by atoms with Gasteiger partial charge in [0.2, 0.25) is 10.0 Å². The summed E-state index contributed by atoms with van der Waals surface area (Å²) in [6.45, 7) is 1.08. The second-order valence-electron chi connectivity index (χ2n) is 7.98. The van der Waals surface area contributed by atoms with Crippen LogP contribution in [0.25, 0.3) is 0 Å². The van der Waals surface area contributed by atoms with Gasteiger partial charge in [0.25, 0.3) is 0 Å². The maximum absolute atomic E-state index is 14.4. The normalized spacial score (nSPS) is 18.8. The Morgan fingerprint density at radius 1 is 1.45 bits per heavy atom. The second-order valence-corrected chi connectivity index (χ2v) is 9.97. The van der Waals surface area contributed by atoms with Crippen LogP contribution in [-0.2, 0) is 27.8 Å². The summed E-state index contributed by atoms with van der Waals surface area (Å²) in [6, 6.07) is 4.57. The molecule has 1 amide bonds. The number of anilines is 1. The van der Waals surface area contributed by atoms with Crippen molar-refractivity contribution in [3.05, 3.63) is 47.9 Å². The highest BCUT2D eigenvalue weighted by atomic mass is 32.2. The maximum Gasteiger partial charge on any atom is 0.412 e. The summed E-state index contributed by atoms with van der Waals surface area (Å²) >= 11 is 0. The zero-order valence-corrected chi connectivity index (χ0v) is 16.7. The molecule has 29 heavy (non-hydrogen) atoms. The summed E-state index contributed by atoms with van der Waals surface area (Å²) < 4.78 is 48.9. The predicted octanol–water partition coefficient (Wildman–Crippen LogP) is 3.02. The third kappa shape index (κ3) is 4.43. The lowest BCUT2D eigenvalue weighted by Crippen LogP contribution is -2.63. The van der Waals surface area contributed by atoms with Crippen molar-refractivity contribution in [2.75, 3.05) is 24.7 Å². The molecule has 2 aromatic rings. The zero-order chi connectivity index (χ0) is 20.6. The highest BCUT2D eigenvalue weighted by molar-refractivity contribution is 7.88. The molecule has 0 unspecified atom stereocenters. The van der Waals surface area contributed by atoms with Crippen LogP contribution in [0.5, 0.6) is 0 Å². The third-order valence-corrected chi connectivity index (χ3v) is 6.77. The second kappa shape index (κ2) is 7.42. The molecule has 1 aliphatic heterocycles. The van der Waals surface area contributed by atoms with Crippen molar-refractivity contribution in [2.24, 2.45) is 11.3 Å². The Kier molecular flexibility index (Phi) is 5.07. The summed E-state index contributed by atoms with van der Waals surface area (Å²) in [6.07, 6.45) is 5.61. The van der Waals surface area contributed by atoms with Gasteiger partial charge in [-0.1, -0.05) is 6.07 Å². The van der Waals surface area contributed by atoms with E-state index in [1.165, 1.54) is 29.2 Å². The standard InChI is InChI=1S/C19H22FN3O5S.H2/c1-29(25,26)23-10-19(11-23)6-13(7-19)4-14-2-3-15(5-17(14)20)22-18(24)27-9-16-8-21-12-28-16;/h2-3,5,8,12-13H,4,6-7,9-11H2,1H3,(H,22,24);1H. The van der Waals surface area contributed by atoms with E-state index < -0.39 is 16.1 Å². The van der Waals surface area contributed by atoms with Crippen LogP contribution in [0.15, 0.2) is 35.2 Å². The van der Waals surface area contributed by atoms with E-state index in [0.717, 1.165) is 12.8 Å². The zero-order valence-electron chi connectivity index (χ0n) is 15.9. The van der Waals surface area contributed by atoms with E-state index in [4.69, 9.17) is 9.15 Å². The molecule has 4 rings (SSSR count). The van der Waals surface area contributed by atoms with Crippen molar-refractivity contribution >= 4 is 21.8 Å². The third-order valence-electron chi connectivity index (χ3n) is 5.57. The molecule has 0 bridgehead atoms. The first-order valence-corrected chi connectivity index (χ1v) is 11.1. The number of ether oxygens (including phenoxy) is 1. The molecule has 1 spiro atoms. The minimum absolute atomic E-state index is 0. The summed E-state index contributed by atoms with van der Waals surface area (Å²) in [7, 11) is -3.11. The number of benzene rings is 1. The highest BCUT2D eigenvalue weighted by Gasteiger charge is 2.54. The number of hydrogen-bond donors (Lipinski definition) is 1. The molecule has 1 saturated heterocycles. The van der Waals surface area contributed by atoms with Gasteiger partial charge in [-0.2, -0.15) is 0 Å². The minimum atomic E-state index is -3.11. The fourth-order valence-corrected chi connectivity index (χ4v) is 5.23. The molecule has 0 radical (unpaired) electrons. The van der Waals surface area contributed by atoms with Crippen molar-refractivity contribution in [3.8, 4) is 0 Å². The number of hydrogen-bond acceptors (Lipinski definition) is 6. The van der Waals surface area contributed by atoms with Gasteiger partial charge in [-0.25, -0.2) is 26.9 Å². The first-order valence-electron chi connectivity index (χ1n) is 9.27. The molecule has 1 saturated carbocycles. The monoisotopic (exact) mass is 425 g/mol. The number of nitrogens with one attached hydrogen (secondary N) is 1. The minimum Gasteiger partial charge on any atom is -0.445 e. The summed E-state index contributed by atoms with van der Waals surface area (Å²) in [5.41, 5.74) is 0.977. The quantitative estimate of drug-likeness (QED) is 0.763. The van der Waals surface area contributed by atoms with E-state index in [1.807, 2.05) is 0 Å². The average molecular weight is 425 g/mol. The van der Waals surface area contributed by atoms with Crippen LogP contribution in [0.1, 0.15) is 25.6 Å². The summed E-state index contributed by atoms with van der Waals surface area (Å²) in [5.74, 6) is 0.369. The molecule has 2 aliphatic rings. The van der Waals surface area contributed by atoms with E-state index in [9.17, 15) is 17.6 Å². The largest absolute Gasteiger partial charge is 0.445 e. The van der Waals surface area contributed by atoms with Crippen molar-refractivity contribution in [3.63, 3.8) is 0 Å². The van der Waals surface area contributed by atoms with Gasteiger partial charge < -0.3 is 9.15 Å². The lowest BCUT2D eigenvalue weighted by molar-refractivity contribution is -0.0521. The highest BCUT2D eigenvalue weighted by Crippen LogP contribution is 2.53. The van der Waals surface area contributed by atoms with Crippen LogP contribution in [-0.4, -0.2) is 43.1 Å². The van der Waals surface area contributed by atoms with Gasteiger partial charge in [0, 0.05) is 20.2 Å². The van der Waals surface area contributed by atoms with Gasteiger partial charge in [0.1, 0.15) is 5.82 Å². The van der Waals surface area contributed by atoms with E-state index in [-0.39, 0.29) is 19.3 Å². The Labute approximate surface area is 169 Å². The summed E-state index contributed by atoms with van der Waals surface area (Å²) in [4.78, 5) is 15.5. The first-order chi connectivity index (χ1) is 13.7. The number of carbonyl (C=O) groups is 1. The average Bonchev–Trinajstić information content (AvgIpc) is 3.08. The van der Waals surface area contributed by atoms with Gasteiger partial charge in [-0.3, -0.25) is 5.32 Å². The fraction of sp³-hybridized carbons (Fsp3) is 0.474. The van der Waals surface area contributed by atoms with Gasteiger partial charge in [-0.05, 0) is 48.3 Å². The first kappa shape index (κ1) is 19.8. The number of nitrogens with zero attached hydrogens (tertiary/aromatic N) is 2. The molecule has 1 aromatic carbocycles. The molecule has 10 heteroatoms. The number of carbonyl (C=O) groups excluding carboxylic acids is 1. The number of sulfonamides is 1. The van der Waals surface area contributed by atoms with Crippen LogP contribution in [0, 0.1) is 17.2 Å². The van der Waals surface area contributed by atoms with Crippen molar-refractivity contribution in [2.45, 2.75) is 25.9 Å². The van der Waals surface area contributed by atoms with Gasteiger partial charge in [0.15, 0.2) is 18.8 Å². The Bertz CT molecular complexity index is 1000. The van der Waals surface area contributed by atoms with Crippen molar-refractivity contribution in [1.82, 2.24) is 9.29 Å². The molecule has 0 atom stereocenters. The Morgan fingerprint density at radius 3 is 2.83 bits per heavy atom. The molecular weight excluding hydrogens is 401 g/mol. The number of rotatable bonds is 6. The maximum atomic E-state index is 14.4. The molecule has 2 heterocycles. The van der Waals surface area contributed by atoms with Gasteiger partial charge >= 0.3 is 6.09 Å². The molecule has 1 aliphatic carbocycles. The van der Waals surface area contributed by atoms with Crippen molar-refractivity contribution < 1.29 is 28.2 Å². The Hall–Kier alpha value is -2.46. The predicted molar refractivity (Wildman–Crippen MR) is 104 cm³/mol. The fourth-order valence-electron chi connectivity index (χ4n) is 4.21. The number of aromatic nitrogens is 1. The molecule has 8 nitrogen and oxygen atoms in total. The van der Waals surface area contributed by atoms with E-state index in [1.54, 1.807) is 12.1 Å². The number of oxazole rings is 1. The molecule has 2 fully saturated rings. The van der Waals surface area contributed by atoms with E-state index >= 15 is 0 Å². The van der Waals surface area contributed by atoms with Crippen LogP contribution < -0.4 is 5.32 Å². The smallest absolute Gasteiger partial charge is 0.412 e. The van der Waals surface area contributed by atoms with Gasteiger partial charge in [-0.15, -0.1) is 0 Å².